The molecule has 0 saturated heterocycles. The van der Waals surface area contributed by atoms with Crippen LogP contribution in [0.1, 0.15) is 513 Å². The Morgan fingerprint density at radius 2 is 0.309 bits per heavy atom. The number of hydrogen-bond acceptors (Lipinski definition) is 0. The van der Waals surface area contributed by atoms with Crippen LogP contribution < -0.4 is 0 Å². The summed E-state index contributed by atoms with van der Waals surface area (Å²) < 4.78 is 0. The summed E-state index contributed by atoms with van der Waals surface area (Å²) >= 11 is 0. The third kappa shape index (κ3) is 33.7. The minimum absolute atomic E-state index is 0. The predicted octanol–water partition coefficient (Wildman–Crippen LogP) is 45.2. The summed E-state index contributed by atoms with van der Waals surface area (Å²) in [4.78, 5) is 0. The van der Waals surface area contributed by atoms with E-state index in [1.807, 2.05) is 30.3 Å². The van der Waals surface area contributed by atoms with Gasteiger partial charge in [0.1, 0.15) is 0 Å². The monoisotopic (exact) mass is 2090 g/mol. The van der Waals surface area contributed by atoms with E-state index in [1.165, 1.54) is 539 Å². The van der Waals surface area contributed by atoms with Gasteiger partial charge < -0.3 is 0 Å². The van der Waals surface area contributed by atoms with Crippen molar-refractivity contribution in [1.29, 1.82) is 0 Å². The molecule has 0 nitrogen and oxygen atoms in total. The molecule has 14 aromatic carbocycles. The van der Waals surface area contributed by atoms with Crippen LogP contribution >= 0.6 is 15.8 Å². The zero-order valence-electron chi connectivity index (χ0n) is 91.2. The van der Waals surface area contributed by atoms with E-state index in [1.54, 1.807) is 53.3 Å². The molecule has 760 valence electrons. The first-order valence-electron chi connectivity index (χ1n) is 60.0. The first-order chi connectivity index (χ1) is 68.1. The zero-order valence-corrected chi connectivity index (χ0v) is 95.5. The molecule has 0 saturated carbocycles. The molecule has 0 spiro atoms. The Balaban J connectivity index is 0.000000480. The number of rotatable bonds is 73. The van der Waals surface area contributed by atoms with Gasteiger partial charge in [-0.2, -0.15) is 0 Å². The third-order valence-corrected chi connectivity index (χ3v) is 38.7. The van der Waals surface area contributed by atoms with Gasteiger partial charge in [-0.05, 0) is 297 Å². The molecule has 0 aliphatic rings. The van der Waals surface area contributed by atoms with Crippen molar-refractivity contribution in [2.75, 3.05) is 37.0 Å². The van der Waals surface area contributed by atoms with Crippen LogP contribution in [0, 0.1) is 24.7 Å². The van der Waals surface area contributed by atoms with Gasteiger partial charge in [0.05, 0.1) is 37.0 Å². The van der Waals surface area contributed by atoms with Crippen molar-refractivity contribution in [1.82, 2.24) is 0 Å². The Hall–Kier alpha value is -5.57. The molecule has 0 N–H and O–H groups in total. The number of unbranched alkanes of at least 4 members (excludes halogenated alkanes) is 51. The maximum absolute atomic E-state index is 9.13. The van der Waals surface area contributed by atoms with E-state index in [2.05, 4.69) is 161 Å². The molecule has 0 aliphatic heterocycles. The average molecular weight is 2090 g/mol. The molecular weight excluding hydrogens is 1890 g/mol. The van der Waals surface area contributed by atoms with Crippen molar-refractivity contribution in [2.24, 2.45) is 0 Å². The maximum Gasteiger partial charge on any atom is 0.0571 e. The van der Waals surface area contributed by atoms with Gasteiger partial charge in [-0.3, -0.25) is 0 Å². The quantitative estimate of drug-likeness (QED) is 0.0117. The van der Waals surface area contributed by atoms with Gasteiger partial charge in [-0.1, -0.05) is 494 Å². The van der Waals surface area contributed by atoms with Crippen LogP contribution in [0.25, 0.3) is 129 Å². The van der Waals surface area contributed by atoms with E-state index < -0.39 is 0 Å². The van der Waals surface area contributed by atoms with Crippen molar-refractivity contribution in [3.05, 3.63) is 155 Å². The molecule has 0 unspecified atom stereocenters. The predicted molar refractivity (Wildman–Crippen MR) is 636 cm³/mol. The van der Waals surface area contributed by atoms with Gasteiger partial charge in [-0.15, -0.1) is 0 Å². The van der Waals surface area contributed by atoms with Crippen LogP contribution in [0.5, 0.6) is 0 Å². The standard InChI is InChI=1S/C104H137.2C12H27P.C8H5.Pt/c1-7-13-18-23-28-33-38-43-48-53-58-76-65-83-81-63-75(12-6)64-82-84-66-77(59-54-49-44-39-34-29-24-19-14-8-2)68-86-88-70-79(61-56-51-46-41-36-31-26-21-16-10-4)72-90-92-74-80(62-57-52-47-42-37-32-27-22-17-11-5)73-91-89-71-78(60-55-50-45-40-35-30-25-20-15-9-3)69-87-85(67-76)94(83)100-99(93(81)82)101(95(84)86)103(97(88)90)104(98(91)92)102(100)96(87)89;2*1-4-7-10-13(11-8-5-2)12-9-6-3;1-2-8-6-4-3-5-7-8;/h63-74H,7-11,13-62H2,1-5H3;2*4-12H2,1-3H3;3-7H;/p+2. The average Bonchev–Trinajstić information content (AvgIpc) is 0.640. The van der Waals surface area contributed by atoms with Gasteiger partial charge in [-0.25, -0.2) is 0 Å². The van der Waals surface area contributed by atoms with Gasteiger partial charge in [0, 0.05) is 48.0 Å². The van der Waals surface area contributed by atoms with Gasteiger partial charge in [0.15, 0.2) is 0 Å². The molecule has 0 fully saturated rings. The van der Waals surface area contributed by atoms with Crippen LogP contribution in [0.2, 0.25) is 0 Å². The smallest absolute Gasteiger partial charge is 0.0571 e. The SMILES string of the molecule is CCCC[PH+](CCCC)CCCC.CCCC[PH+](CCCC)CCCC.[C]#Cc1cc2c3cc(CCCCCCCCCCCC)cc4c5cc(CCCCCCCCCCCC)cc6c7cc(CCCCCCCCCCCC)cc8c9cc(CCCCCCCCCCCC)cc%10c%11cc(CCCCCCCCCCCC)cc%12c(c1)c2c1c(c34)c(c56)c(c78)c(c%109)c1c%12%11.[C]#Cc1ccccc1.[Pt]. The minimum Gasteiger partial charge on any atom is -0.0654 e. The molecule has 0 atom stereocenters. The van der Waals surface area contributed by atoms with E-state index >= 15 is 0 Å². The molecule has 0 aliphatic carbocycles. The first kappa shape index (κ1) is 115. The van der Waals surface area contributed by atoms with E-state index in [-0.39, 0.29) is 36.9 Å². The largest absolute Gasteiger partial charge is 0.0654 e. The molecule has 14 aromatic rings. The van der Waals surface area contributed by atoms with Crippen LogP contribution in [-0.4, -0.2) is 37.0 Å². The molecule has 139 heavy (non-hydrogen) atoms. The van der Waals surface area contributed by atoms with Crippen LogP contribution in [0.3, 0.4) is 0 Å². The second kappa shape index (κ2) is 66.5. The molecule has 0 aromatic heterocycles. The normalized spacial score (nSPS) is 12.0. The van der Waals surface area contributed by atoms with Crippen molar-refractivity contribution < 1.29 is 21.1 Å². The van der Waals surface area contributed by atoms with E-state index in [9.17, 15) is 0 Å². The van der Waals surface area contributed by atoms with Crippen LogP contribution in [-0.2, 0) is 53.2 Å². The Morgan fingerprint density at radius 1 is 0.165 bits per heavy atom. The molecule has 0 amide bonds. The molecule has 3 heteroatoms. The fourth-order valence-corrected chi connectivity index (χ4v) is 30.9. The van der Waals surface area contributed by atoms with E-state index in [4.69, 9.17) is 12.8 Å². The maximum atomic E-state index is 9.13. The van der Waals surface area contributed by atoms with Crippen molar-refractivity contribution in [3.8, 4) is 11.8 Å². The third-order valence-electron chi connectivity index (χ3n) is 32.3. The summed E-state index contributed by atoms with van der Waals surface area (Å²) in [5, 5.41) is 35.7. The fraction of sp³-hybridized carbons (Fsp3) is 0.618. The molecule has 0 heterocycles. The molecule has 2 radical (unpaired) electrons. The van der Waals surface area contributed by atoms with E-state index in [0.29, 0.717) is 0 Å². The Bertz CT molecular complexity index is 5350. The van der Waals surface area contributed by atoms with Gasteiger partial charge in [0.2, 0.25) is 0 Å². The summed E-state index contributed by atoms with van der Waals surface area (Å²) in [6.45, 7) is 25.6. The summed E-state index contributed by atoms with van der Waals surface area (Å²) in [6.07, 6.45) is 116. The molecular formula is C136H198P2Pt+2. The van der Waals surface area contributed by atoms with Gasteiger partial charge >= 0.3 is 0 Å². The number of aryl methyl sites for hydroxylation is 5. The first-order valence-corrected chi connectivity index (χ1v) is 64.2. The van der Waals surface area contributed by atoms with Gasteiger partial charge in [0.25, 0.3) is 0 Å². The van der Waals surface area contributed by atoms with Crippen LogP contribution in [0.4, 0.5) is 0 Å². The molecule has 0 bridgehead atoms. The Morgan fingerprint density at radius 3 is 0.453 bits per heavy atom. The number of hydrogen-bond donors (Lipinski definition) is 0. The Labute approximate surface area is 869 Å². The number of benzene rings is 14. The number of fused-ring (bicyclic) bond motifs is 6. The summed E-state index contributed by atoms with van der Waals surface area (Å²) in [5.74, 6) is 5.36. The van der Waals surface area contributed by atoms with E-state index in [0.717, 1.165) is 43.2 Å². The minimum atomic E-state index is 0. The molecule has 14 rings (SSSR count). The van der Waals surface area contributed by atoms with Crippen molar-refractivity contribution >= 4 is 145 Å². The zero-order chi connectivity index (χ0) is 97.1. The summed E-state index contributed by atoms with van der Waals surface area (Å²) in [5.41, 5.74) is 9.36. The second-order valence-corrected chi connectivity index (χ2v) is 49.9. The summed E-state index contributed by atoms with van der Waals surface area (Å²) in [7, 11) is 0.135. The topological polar surface area (TPSA) is 0 Å². The second-order valence-electron chi connectivity index (χ2n) is 43.9. The Kier molecular flexibility index (Phi) is 55.2. The van der Waals surface area contributed by atoms with Crippen molar-refractivity contribution in [3.63, 3.8) is 0 Å². The van der Waals surface area contributed by atoms with Crippen LogP contribution in [0.15, 0.2) is 103 Å². The van der Waals surface area contributed by atoms with Crippen molar-refractivity contribution in [2.45, 2.75) is 506 Å². The fourth-order valence-electron chi connectivity index (χ4n) is 24.3. The summed E-state index contributed by atoms with van der Waals surface area (Å²) in [6, 6.07) is 41.6.